The number of anilines is 1. The first kappa shape index (κ1) is 24.3. The first-order chi connectivity index (χ1) is 17.1. The van der Waals surface area contributed by atoms with E-state index in [9.17, 15) is 9.59 Å². The van der Waals surface area contributed by atoms with Gasteiger partial charge in [-0.3, -0.25) is 4.79 Å². The molecule has 1 saturated heterocycles. The number of piperidine rings is 1. The maximum atomic E-state index is 12.9. The summed E-state index contributed by atoms with van der Waals surface area (Å²) in [4.78, 5) is 27.6. The number of hydrogen-bond acceptors (Lipinski definition) is 3. The van der Waals surface area contributed by atoms with E-state index in [0.29, 0.717) is 18.7 Å². The number of methoxy groups -OCH3 is 1. The van der Waals surface area contributed by atoms with Gasteiger partial charge in [0, 0.05) is 42.4 Å². The normalized spacial score (nSPS) is 15.4. The van der Waals surface area contributed by atoms with E-state index in [0.717, 1.165) is 48.4 Å². The quantitative estimate of drug-likeness (QED) is 0.471. The SMILES string of the molecule is CCc1ccc(NC(=O)N2CCC[C@@H](c3cccc(C(=O)NCc4ccccc4OC)c3)C2)cc1. The average molecular weight is 472 g/mol. The zero-order chi connectivity index (χ0) is 24.6. The summed E-state index contributed by atoms with van der Waals surface area (Å²) in [5.41, 5.74) is 4.68. The number of nitrogens with zero attached hydrogens (tertiary/aromatic N) is 1. The van der Waals surface area contributed by atoms with Crippen molar-refractivity contribution in [3.8, 4) is 5.75 Å². The Morgan fingerprint density at radius 2 is 1.83 bits per heavy atom. The van der Waals surface area contributed by atoms with Crippen molar-refractivity contribution in [2.24, 2.45) is 0 Å². The lowest BCUT2D eigenvalue weighted by Gasteiger charge is -2.33. The first-order valence-corrected chi connectivity index (χ1v) is 12.2. The number of aryl methyl sites for hydroxylation is 1. The summed E-state index contributed by atoms with van der Waals surface area (Å²) in [6.07, 6.45) is 2.89. The van der Waals surface area contributed by atoms with Gasteiger partial charge in [-0.15, -0.1) is 0 Å². The zero-order valence-electron chi connectivity index (χ0n) is 20.4. The van der Waals surface area contributed by atoms with Crippen LogP contribution in [0, 0.1) is 0 Å². The van der Waals surface area contributed by atoms with Crippen molar-refractivity contribution in [2.75, 3.05) is 25.5 Å². The summed E-state index contributed by atoms with van der Waals surface area (Å²) in [6, 6.07) is 23.3. The van der Waals surface area contributed by atoms with Gasteiger partial charge < -0.3 is 20.3 Å². The van der Waals surface area contributed by atoms with Gasteiger partial charge in [0.1, 0.15) is 5.75 Å². The van der Waals surface area contributed by atoms with Gasteiger partial charge in [0.25, 0.3) is 5.91 Å². The zero-order valence-corrected chi connectivity index (χ0v) is 20.4. The second-order valence-electron chi connectivity index (χ2n) is 8.89. The van der Waals surface area contributed by atoms with Crippen LogP contribution in [0.3, 0.4) is 0 Å². The van der Waals surface area contributed by atoms with Crippen LogP contribution >= 0.6 is 0 Å². The highest BCUT2D eigenvalue weighted by molar-refractivity contribution is 5.94. The summed E-state index contributed by atoms with van der Waals surface area (Å²) in [6.45, 7) is 3.86. The van der Waals surface area contributed by atoms with Crippen molar-refractivity contribution in [1.29, 1.82) is 0 Å². The highest BCUT2D eigenvalue weighted by atomic mass is 16.5. The molecule has 0 radical (unpaired) electrons. The molecule has 0 saturated carbocycles. The van der Waals surface area contributed by atoms with Crippen LogP contribution in [0.2, 0.25) is 0 Å². The molecule has 182 valence electrons. The third-order valence-corrected chi connectivity index (χ3v) is 6.57. The molecule has 1 aliphatic heterocycles. The van der Waals surface area contributed by atoms with Gasteiger partial charge >= 0.3 is 6.03 Å². The second-order valence-corrected chi connectivity index (χ2v) is 8.89. The van der Waals surface area contributed by atoms with Crippen LogP contribution in [0.1, 0.15) is 52.7 Å². The third kappa shape index (κ3) is 6.21. The van der Waals surface area contributed by atoms with Crippen LogP contribution in [-0.4, -0.2) is 37.0 Å². The molecule has 0 aromatic heterocycles. The van der Waals surface area contributed by atoms with Gasteiger partial charge in [-0.05, 0) is 60.7 Å². The van der Waals surface area contributed by atoms with Crippen molar-refractivity contribution >= 4 is 17.6 Å². The molecule has 0 spiro atoms. The number of carbonyl (C=O) groups is 2. The Balaban J connectivity index is 1.38. The third-order valence-electron chi connectivity index (χ3n) is 6.57. The fourth-order valence-corrected chi connectivity index (χ4v) is 4.52. The van der Waals surface area contributed by atoms with Crippen molar-refractivity contribution in [2.45, 2.75) is 38.6 Å². The van der Waals surface area contributed by atoms with Crippen LogP contribution in [0.15, 0.2) is 72.8 Å². The number of likely N-dealkylation sites (tertiary alicyclic amines) is 1. The number of ether oxygens (including phenoxy) is 1. The lowest BCUT2D eigenvalue weighted by molar-refractivity contribution is 0.0950. The van der Waals surface area contributed by atoms with E-state index >= 15 is 0 Å². The van der Waals surface area contributed by atoms with Crippen molar-refractivity contribution in [3.05, 3.63) is 95.1 Å². The molecule has 3 aromatic rings. The highest BCUT2D eigenvalue weighted by Gasteiger charge is 2.25. The second kappa shape index (κ2) is 11.6. The summed E-state index contributed by atoms with van der Waals surface area (Å²) in [7, 11) is 1.62. The molecule has 1 aliphatic rings. The number of para-hydroxylation sites is 1. The molecule has 1 fully saturated rings. The molecule has 6 heteroatoms. The van der Waals surface area contributed by atoms with E-state index < -0.39 is 0 Å². The Kier molecular flexibility index (Phi) is 8.03. The summed E-state index contributed by atoms with van der Waals surface area (Å²) < 4.78 is 5.37. The van der Waals surface area contributed by atoms with Crippen molar-refractivity contribution in [1.82, 2.24) is 10.2 Å². The number of benzene rings is 3. The van der Waals surface area contributed by atoms with Crippen LogP contribution in [0.5, 0.6) is 5.75 Å². The minimum Gasteiger partial charge on any atom is -0.496 e. The number of nitrogens with one attached hydrogen (secondary N) is 2. The molecular formula is C29H33N3O3. The Labute approximate surface area is 207 Å². The molecule has 3 aromatic carbocycles. The smallest absolute Gasteiger partial charge is 0.321 e. The van der Waals surface area contributed by atoms with Gasteiger partial charge in [0.15, 0.2) is 0 Å². The van der Waals surface area contributed by atoms with E-state index in [1.165, 1.54) is 5.56 Å². The molecule has 4 rings (SSSR count). The Morgan fingerprint density at radius 3 is 2.60 bits per heavy atom. The van der Waals surface area contributed by atoms with E-state index in [1.54, 1.807) is 7.11 Å². The van der Waals surface area contributed by atoms with E-state index in [2.05, 4.69) is 17.6 Å². The molecule has 0 bridgehead atoms. The maximum Gasteiger partial charge on any atom is 0.321 e. The minimum atomic E-state index is -0.126. The van der Waals surface area contributed by atoms with Gasteiger partial charge in [0.2, 0.25) is 0 Å². The Morgan fingerprint density at radius 1 is 1.03 bits per heavy atom. The average Bonchev–Trinajstić information content (AvgIpc) is 2.92. The molecule has 0 aliphatic carbocycles. The topological polar surface area (TPSA) is 70.7 Å². The van der Waals surface area contributed by atoms with Crippen molar-refractivity contribution in [3.63, 3.8) is 0 Å². The fourth-order valence-electron chi connectivity index (χ4n) is 4.52. The van der Waals surface area contributed by atoms with E-state index in [1.807, 2.05) is 77.7 Å². The number of amides is 3. The van der Waals surface area contributed by atoms with Gasteiger partial charge in [-0.25, -0.2) is 4.79 Å². The van der Waals surface area contributed by atoms with E-state index in [4.69, 9.17) is 4.74 Å². The number of rotatable bonds is 7. The largest absolute Gasteiger partial charge is 0.496 e. The molecular weight excluding hydrogens is 438 g/mol. The summed E-state index contributed by atoms with van der Waals surface area (Å²) in [5.74, 6) is 0.820. The lowest BCUT2D eigenvalue weighted by atomic mass is 9.89. The van der Waals surface area contributed by atoms with Gasteiger partial charge in [-0.2, -0.15) is 0 Å². The highest BCUT2D eigenvalue weighted by Crippen LogP contribution is 2.28. The Hall–Kier alpha value is -3.80. The number of hydrogen-bond donors (Lipinski definition) is 2. The number of carbonyl (C=O) groups excluding carboxylic acids is 2. The fraction of sp³-hybridized carbons (Fsp3) is 0.310. The molecule has 1 atom stereocenters. The molecule has 0 unspecified atom stereocenters. The number of urea groups is 1. The predicted molar refractivity (Wildman–Crippen MR) is 139 cm³/mol. The standard InChI is InChI=1S/C29H33N3O3/c1-3-21-13-15-26(16-14-21)31-29(34)32-17-7-11-25(20-32)22-9-6-10-23(18-22)28(33)30-19-24-8-4-5-12-27(24)35-2/h4-6,8-10,12-16,18,25H,3,7,11,17,19-20H2,1-2H3,(H,30,33)(H,31,34)/t25-/m1/s1. The summed E-state index contributed by atoms with van der Waals surface area (Å²) >= 11 is 0. The van der Waals surface area contributed by atoms with Crippen LogP contribution in [-0.2, 0) is 13.0 Å². The monoisotopic (exact) mass is 471 g/mol. The van der Waals surface area contributed by atoms with Gasteiger partial charge in [0.05, 0.1) is 7.11 Å². The minimum absolute atomic E-state index is 0.0790. The van der Waals surface area contributed by atoms with Crippen molar-refractivity contribution < 1.29 is 14.3 Å². The maximum absolute atomic E-state index is 12.9. The summed E-state index contributed by atoms with van der Waals surface area (Å²) in [5, 5.41) is 6.01. The molecule has 2 N–H and O–H groups in total. The lowest BCUT2D eigenvalue weighted by Crippen LogP contribution is -2.41. The molecule has 3 amide bonds. The van der Waals surface area contributed by atoms with Crippen LogP contribution in [0.4, 0.5) is 10.5 Å². The predicted octanol–water partition coefficient (Wildman–Crippen LogP) is 5.60. The first-order valence-electron chi connectivity index (χ1n) is 12.2. The Bertz CT molecular complexity index is 1160. The van der Waals surface area contributed by atoms with Crippen LogP contribution < -0.4 is 15.4 Å². The molecule has 35 heavy (non-hydrogen) atoms. The van der Waals surface area contributed by atoms with Crippen LogP contribution in [0.25, 0.3) is 0 Å². The molecule has 6 nitrogen and oxygen atoms in total. The molecule has 1 heterocycles. The van der Waals surface area contributed by atoms with Gasteiger partial charge in [-0.1, -0.05) is 49.4 Å². The van der Waals surface area contributed by atoms with E-state index in [-0.39, 0.29) is 17.9 Å².